The van der Waals surface area contributed by atoms with Crippen LogP contribution in [0.4, 0.5) is 0 Å². The van der Waals surface area contributed by atoms with Crippen LogP contribution in [0.5, 0.6) is 0 Å². The van der Waals surface area contributed by atoms with Crippen molar-refractivity contribution < 1.29 is 34.2 Å². The van der Waals surface area contributed by atoms with Crippen molar-refractivity contribution in [3.05, 3.63) is 35.9 Å². The molecule has 12 nitrogen and oxygen atoms in total. The number of nitrogens with two attached hydrogens (primary N) is 2. The summed E-state index contributed by atoms with van der Waals surface area (Å²) >= 11 is 0. The Balaban J connectivity index is 2.17. The molecule has 5 atom stereocenters. The van der Waals surface area contributed by atoms with Gasteiger partial charge in [0.25, 0.3) is 0 Å². The standard InChI is InChI=1S/C23H33N5O7/c1-13(29)19(23(34)35)27-20(31)16(12-14-6-3-2-4-7-14)26-21(32)17-8-5-11-28(17)22(33)15(24)9-10-18(25)30/h2-4,6-7,13,15-17,19,29H,5,8-12,24H2,1H3,(H2,25,30)(H,26,32)(H,27,31)(H,34,35). The maximum atomic E-state index is 13.1. The van der Waals surface area contributed by atoms with Crippen molar-refractivity contribution in [3.8, 4) is 0 Å². The number of aliphatic carboxylic acids is 1. The number of nitrogens with one attached hydrogen (secondary N) is 2. The van der Waals surface area contributed by atoms with Crippen LogP contribution >= 0.6 is 0 Å². The van der Waals surface area contributed by atoms with Crippen LogP contribution in [0.3, 0.4) is 0 Å². The summed E-state index contributed by atoms with van der Waals surface area (Å²) in [5, 5.41) is 23.9. The van der Waals surface area contributed by atoms with Gasteiger partial charge in [-0.3, -0.25) is 19.2 Å². The van der Waals surface area contributed by atoms with Gasteiger partial charge in [-0.15, -0.1) is 0 Å². The first-order valence-corrected chi connectivity index (χ1v) is 11.4. The normalized spacial score (nSPS) is 18.7. The van der Waals surface area contributed by atoms with Crippen molar-refractivity contribution in [2.24, 2.45) is 11.5 Å². The summed E-state index contributed by atoms with van der Waals surface area (Å²) in [7, 11) is 0. The summed E-state index contributed by atoms with van der Waals surface area (Å²) in [6, 6.07) is 4.20. The molecule has 12 heteroatoms. The van der Waals surface area contributed by atoms with Crippen LogP contribution in [0.2, 0.25) is 0 Å². The molecule has 5 unspecified atom stereocenters. The molecular weight excluding hydrogens is 458 g/mol. The molecule has 192 valence electrons. The zero-order valence-corrected chi connectivity index (χ0v) is 19.6. The van der Waals surface area contributed by atoms with Gasteiger partial charge in [0, 0.05) is 19.4 Å². The number of likely N-dealkylation sites (tertiary alicyclic amines) is 1. The highest BCUT2D eigenvalue weighted by molar-refractivity contribution is 5.94. The van der Waals surface area contributed by atoms with Crippen molar-refractivity contribution in [1.29, 1.82) is 0 Å². The van der Waals surface area contributed by atoms with Crippen LogP contribution in [0.15, 0.2) is 30.3 Å². The highest BCUT2D eigenvalue weighted by Gasteiger charge is 2.38. The van der Waals surface area contributed by atoms with Gasteiger partial charge < -0.3 is 37.2 Å². The molecule has 1 heterocycles. The molecular formula is C23H33N5O7. The number of benzene rings is 1. The van der Waals surface area contributed by atoms with Crippen LogP contribution in [-0.2, 0) is 30.4 Å². The number of primary amides is 1. The second kappa shape index (κ2) is 12.8. The Labute approximate surface area is 203 Å². The van der Waals surface area contributed by atoms with Gasteiger partial charge in [0.15, 0.2) is 6.04 Å². The van der Waals surface area contributed by atoms with Gasteiger partial charge in [-0.25, -0.2) is 4.79 Å². The Hall–Kier alpha value is -3.51. The lowest BCUT2D eigenvalue weighted by atomic mass is 10.0. The minimum Gasteiger partial charge on any atom is -0.480 e. The molecule has 4 amide bonds. The number of aliphatic hydroxyl groups excluding tert-OH is 1. The maximum Gasteiger partial charge on any atom is 0.328 e. The van der Waals surface area contributed by atoms with Crippen LogP contribution in [-0.4, -0.2) is 81.5 Å². The number of hydrogen-bond acceptors (Lipinski definition) is 7. The second-order valence-electron chi connectivity index (χ2n) is 8.62. The van der Waals surface area contributed by atoms with E-state index in [1.807, 2.05) is 0 Å². The predicted octanol–water partition coefficient (Wildman–Crippen LogP) is -1.75. The molecule has 0 aromatic heterocycles. The second-order valence-corrected chi connectivity index (χ2v) is 8.62. The number of hydrogen-bond donors (Lipinski definition) is 6. The summed E-state index contributed by atoms with van der Waals surface area (Å²) < 4.78 is 0. The molecule has 0 aliphatic carbocycles. The molecule has 1 aromatic rings. The molecule has 2 rings (SSSR count). The summed E-state index contributed by atoms with van der Waals surface area (Å²) in [5.41, 5.74) is 11.7. The number of rotatable bonds is 12. The molecule has 8 N–H and O–H groups in total. The summed E-state index contributed by atoms with van der Waals surface area (Å²) in [6.07, 6.45) is -0.423. The van der Waals surface area contributed by atoms with Crippen molar-refractivity contribution in [2.45, 2.75) is 69.3 Å². The molecule has 0 radical (unpaired) electrons. The van der Waals surface area contributed by atoms with Gasteiger partial charge in [-0.1, -0.05) is 30.3 Å². The number of carboxylic acid groups (broad SMARTS) is 1. The Kier molecular flexibility index (Phi) is 10.2. The van der Waals surface area contributed by atoms with Gasteiger partial charge in [-0.05, 0) is 31.7 Å². The largest absolute Gasteiger partial charge is 0.480 e. The van der Waals surface area contributed by atoms with Crippen molar-refractivity contribution in [1.82, 2.24) is 15.5 Å². The monoisotopic (exact) mass is 491 g/mol. The van der Waals surface area contributed by atoms with Gasteiger partial charge >= 0.3 is 5.97 Å². The van der Waals surface area contributed by atoms with Crippen molar-refractivity contribution in [3.63, 3.8) is 0 Å². The number of carboxylic acids is 1. The molecule has 0 spiro atoms. The molecule has 1 saturated heterocycles. The molecule has 1 aromatic carbocycles. The molecule has 1 fully saturated rings. The van der Waals surface area contributed by atoms with Crippen LogP contribution in [0.1, 0.15) is 38.2 Å². The van der Waals surface area contributed by atoms with E-state index in [9.17, 15) is 34.2 Å². The smallest absolute Gasteiger partial charge is 0.328 e. The third-order valence-electron chi connectivity index (χ3n) is 5.82. The SMILES string of the molecule is CC(O)C(NC(=O)C(Cc1ccccc1)NC(=O)C1CCCN1C(=O)C(N)CCC(N)=O)C(=O)O. The van der Waals surface area contributed by atoms with Gasteiger partial charge in [-0.2, -0.15) is 0 Å². The number of nitrogens with zero attached hydrogens (tertiary/aromatic N) is 1. The van der Waals surface area contributed by atoms with Crippen LogP contribution < -0.4 is 22.1 Å². The molecule has 0 bridgehead atoms. The zero-order valence-electron chi connectivity index (χ0n) is 19.6. The summed E-state index contributed by atoms with van der Waals surface area (Å²) in [5.74, 6) is -3.87. The number of aliphatic hydroxyl groups is 1. The van der Waals surface area contributed by atoms with E-state index in [-0.39, 0.29) is 19.3 Å². The van der Waals surface area contributed by atoms with E-state index in [1.54, 1.807) is 30.3 Å². The van der Waals surface area contributed by atoms with Gasteiger partial charge in [0.2, 0.25) is 23.6 Å². The Morgan fingerprint density at radius 1 is 1.14 bits per heavy atom. The molecule has 35 heavy (non-hydrogen) atoms. The number of carbonyl (C=O) groups excluding carboxylic acids is 4. The number of carbonyl (C=O) groups is 5. The van der Waals surface area contributed by atoms with Crippen molar-refractivity contribution in [2.75, 3.05) is 6.54 Å². The van der Waals surface area contributed by atoms with E-state index >= 15 is 0 Å². The highest BCUT2D eigenvalue weighted by atomic mass is 16.4. The average molecular weight is 492 g/mol. The minimum atomic E-state index is -1.56. The van der Waals surface area contributed by atoms with Gasteiger partial charge in [0.1, 0.15) is 12.1 Å². The Morgan fingerprint density at radius 3 is 2.37 bits per heavy atom. The van der Waals surface area contributed by atoms with E-state index in [0.29, 0.717) is 24.9 Å². The van der Waals surface area contributed by atoms with Crippen LogP contribution in [0, 0.1) is 0 Å². The summed E-state index contributed by atoms with van der Waals surface area (Å²) in [4.78, 5) is 62.6. The molecule has 1 aliphatic rings. The van der Waals surface area contributed by atoms with E-state index in [2.05, 4.69) is 10.6 Å². The zero-order chi connectivity index (χ0) is 26.1. The molecule has 0 saturated carbocycles. The van der Waals surface area contributed by atoms with E-state index in [4.69, 9.17) is 11.5 Å². The average Bonchev–Trinajstić information content (AvgIpc) is 3.30. The van der Waals surface area contributed by atoms with Crippen LogP contribution in [0.25, 0.3) is 0 Å². The summed E-state index contributed by atoms with van der Waals surface area (Å²) in [6.45, 7) is 1.52. The van der Waals surface area contributed by atoms with E-state index < -0.39 is 59.9 Å². The van der Waals surface area contributed by atoms with Crippen molar-refractivity contribution >= 4 is 29.6 Å². The number of amides is 4. The lowest BCUT2D eigenvalue weighted by molar-refractivity contribution is -0.145. The van der Waals surface area contributed by atoms with E-state index in [0.717, 1.165) is 0 Å². The first-order chi connectivity index (χ1) is 16.5. The maximum absolute atomic E-state index is 13.1. The first-order valence-electron chi connectivity index (χ1n) is 11.4. The highest BCUT2D eigenvalue weighted by Crippen LogP contribution is 2.19. The van der Waals surface area contributed by atoms with E-state index in [1.165, 1.54) is 11.8 Å². The van der Waals surface area contributed by atoms with Gasteiger partial charge in [0.05, 0.1) is 12.1 Å². The Bertz CT molecular complexity index is 924. The lowest BCUT2D eigenvalue weighted by Crippen LogP contribution is -2.58. The lowest BCUT2D eigenvalue weighted by Gasteiger charge is -2.29. The third-order valence-corrected chi connectivity index (χ3v) is 5.82. The fraction of sp³-hybridized carbons (Fsp3) is 0.522. The Morgan fingerprint density at radius 2 is 1.80 bits per heavy atom. The quantitative estimate of drug-likeness (QED) is 0.197. The predicted molar refractivity (Wildman–Crippen MR) is 124 cm³/mol. The fourth-order valence-electron chi connectivity index (χ4n) is 3.91. The topological polar surface area (TPSA) is 205 Å². The minimum absolute atomic E-state index is 0.0496. The fourth-order valence-corrected chi connectivity index (χ4v) is 3.91. The third kappa shape index (κ3) is 8.04. The molecule has 1 aliphatic heterocycles. The first kappa shape index (κ1) is 27.7.